The highest BCUT2D eigenvalue weighted by Gasteiger charge is 2.34. The van der Waals surface area contributed by atoms with E-state index in [9.17, 15) is 14.4 Å². The molecule has 4 amide bonds. The van der Waals surface area contributed by atoms with Gasteiger partial charge in [-0.2, -0.15) is 0 Å². The molecular weight excluding hydrogens is 662 g/mol. The Labute approximate surface area is 304 Å². The van der Waals surface area contributed by atoms with Crippen molar-refractivity contribution in [3.8, 4) is 17.2 Å². The van der Waals surface area contributed by atoms with Crippen molar-refractivity contribution < 1.29 is 28.6 Å². The highest BCUT2D eigenvalue weighted by Crippen LogP contribution is 2.40. The van der Waals surface area contributed by atoms with Gasteiger partial charge in [0.05, 0.1) is 37.0 Å². The lowest BCUT2D eigenvalue weighted by molar-refractivity contribution is -0.125. The first kappa shape index (κ1) is 37.8. The summed E-state index contributed by atoms with van der Waals surface area (Å²) in [5.74, 6) is 0.865. The number of aromatic nitrogens is 1. The summed E-state index contributed by atoms with van der Waals surface area (Å²) < 4.78 is 16.8. The van der Waals surface area contributed by atoms with Crippen molar-refractivity contribution in [1.82, 2.24) is 14.8 Å². The highest BCUT2D eigenvalue weighted by atomic mass is 16.5. The number of ether oxygens (including phenoxy) is 3. The molecule has 1 aliphatic heterocycles. The van der Waals surface area contributed by atoms with E-state index < -0.39 is 24.1 Å². The number of rotatable bonds is 11. The quantitative estimate of drug-likeness (QED) is 0.127. The second kappa shape index (κ2) is 16.3. The number of benzene rings is 3. The molecule has 2 atom stereocenters. The number of carbonyl (C=O) groups is 3. The lowest BCUT2D eigenvalue weighted by Crippen LogP contribution is -2.55. The van der Waals surface area contributed by atoms with E-state index in [1.54, 1.807) is 36.5 Å². The van der Waals surface area contributed by atoms with Gasteiger partial charge >= 0.3 is 12.1 Å². The summed E-state index contributed by atoms with van der Waals surface area (Å²) in [7, 11) is 2.73. The van der Waals surface area contributed by atoms with Gasteiger partial charge in [-0.1, -0.05) is 58.9 Å². The third kappa shape index (κ3) is 8.55. The van der Waals surface area contributed by atoms with Crippen LogP contribution in [0.3, 0.4) is 0 Å². The van der Waals surface area contributed by atoms with Crippen molar-refractivity contribution in [1.29, 1.82) is 0 Å². The molecule has 0 spiro atoms. The lowest BCUT2D eigenvalue weighted by Gasteiger charge is -2.43. The molecule has 3 aromatic carbocycles. The van der Waals surface area contributed by atoms with E-state index in [-0.39, 0.29) is 11.2 Å². The van der Waals surface area contributed by atoms with Crippen LogP contribution >= 0.6 is 0 Å². The molecule has 1 fully saturated rings. The fourth-order valence-electron chi connectivity index (χ4n) is 6.61. The molecule has 0 saturated carbocycles. The predicted molar refractivity (Wildman–Crippen MR) is 203 cm³/mol. The minimum atomic E-state index is -0.687. The number of pyridine rings is 1. The molecular formula is C39H49N7O6. The van der Waals surface area contributed by atoms with E-state index >= 15 is 0 Å². The molecule has 2 heterocycles. The van der Waals surface area contributed by atoms with Crippen LogP contribution in [-0.2, 0) is 14.9 Å². The minimum absolute atomic E-state index is 0.269. The first-order valence-electron chi connectivity index (χ1n) is 17.4. The second-order valence-electron chi connectivity index (χ2n) is 13.7. The van der Waals surface area contributed by atoms with Gasteiger partial charge in [0.2, 0.25) is 5.91 Å². The summed E-state index contributed by atoms with van der Waals surface area (Å²) in [4.78, 5) is 47.5. The van der Waals surface area contributed by atoms with Crippen molar-refractivity contribution in [3.05, 3.63) is 78.1 Å². The van der Waals surface area contributed by atoms with Crippen LogP contribution in [0.15, 0.2) is 66.9 Å². The van der Waals surface area contributed by atoms with E-state index in [1.807, 2.05) is 51.1 Å². The minimum Gasteiger partial charge on any atom is -0.492 e. The summed E-state index contributed by atoms with van der Waals surface area (Å²) in [6.45, 7) is 13.6. The standard InChI is InChI=1S/C39H49N7O6/c1-8-25-23-46(19-18-45(25)9-2)34(36(40)47)30-22-26(16-17-41-30)52-33-15-14-29(27-12-10-11-13-28(27)33)42-37(48)43-31-20-24(39(3,4)5)21-32(35(31)50-6)44-38(49)51-7/h10-17,20-22,25,34H,8-9,18-19,23H2,1-7H3,(H2,40,47)(H,44,49)(H2,42,43,48). The molecule has 4 aromatic rings. The molecule has 5 rings (SSSR count). The largest absolute Gasteiger partial charge is 0.492 e. The maximum Gasteiger partial charge on any atom is 0.411 e. The molecule has 52 heavy (non-hydrogen) atoms. The highest BCUT2D eigenvalue weighted by molar-refractivity contribution is 6.08. The van der Waals surface area contributed by atoms with Crippen LogP contribution in [0.1, 0.15) is 58.3 Å². The number of nitrogens with one attached hydrogen (secondary N) is 3. The molecule has 0 bridgehead atoms. The fourth-order valence-corrected chi connectivity index (χ4v) is 6.61. The van der Waals surface area contributed by atoms with Crippen LogP contribution in [0.4, 0.5) is 26.7 Å². The molecule has 1 saturated heterocycles. The number of anilines is 3. The van der Waals surface area contributed by atoms with Gasteiger partial charge in [0, 0.05) is 48.7 Å². The van der Waals surface area contributed by atoms with Crippen LogP contribution < -0.4 is 31.2 Å². The molecule has 0 radical (unpaired) electrons. The number of nitrogens with zero attached hydrogens (tertiary/aromatic N) is 3. The number of hydrogen-bond donors (Lipinski definition) is 4. The summed E-state index contributed by atoms with van der Waals surface area (Å²) in [6, 6.07) is 17.3. The topological polar surface area (TPSA) is 160 Å². The van der Waals surface area contributed by atoms with Gasteiger partial charge in [0.1, 0.15) is 17.5 Å². The normalized spacial score (nSPS) is 15.8. The summed E-state index contributed by atoms with van der Waals surface area (Å²) >= 11 is 0. The number of nitrogens with two attached hydrogens (primary N) is 1. The fraction of sp³-hybridized carbons (Fsp3) is 0.385. The van der Waals surface area contributed by atoms with Crippen LogP contribution in [0, 0.1) is 0 Å². The predicted octanol–water partition coefficient (Wildman–Crippen LogP) is 7.10. The molecule has 1 aromatic heterocycles. The van der Waals surface area contributed by atoms with Crippen LogP contribution in [0.2, 0.25) is 0 Å². The number of likely N-dealkylation sites (N-methyl/N-ethyl adjacent to an activating group) is 1. The Morgan fingerprint density at radius 2 is 1.62 bits per heavy atom. The average molecular weight is 712 g/mol. The number of primary amides is 1. The van der Waals surface area contributed by atoms with Gasteiger partial charge in [0.15, 0.2) is 5.75 Å². The molecule has 5 N–H and O–H groups in total. The molecule has 1 aliphatic rings. The monoisotopic (exact) mass is 711 g/mol. The summed E-state index contributed by atoms with van der Waals surface area (Å²) in [5, 5.41) is 10.0. The van der Waals surface area contributed by atoms with Crippen molar-refractivity contribution in [2.45, 2.75) is 58.5 Å². The van der Waals surface area contributed by atoms with Crippen LogP contribution in [0.5, 0.6) is 17.2 Å². The molecule has 276 valence electrons. The maximum atomic E-state index is 13.5. The summed E-state index contributed by atoms with van der Waals surface area (Å²) in [5.41, 5.74) is 8.30. The maximum absolute atomic E-state index is 13.5. The van der Waals surface area contributed by atoms with E-state index in [0.717, 1.165) is 42.4 Å². The van der Waals surface area contributed by atoms with Crippen LogP contribution in [0.25, 0.3) is 10.8 Å². The van der Waals surface area contributed by atoms with Gasteiger partial charge < -0.3 is 30.6 Å². The number of amides is 4. The van der Waals surface area contributed by atoms with Crippen molar-refractivity contribution >= 4 is 45.9 Å². The smallest absolute Gasteiger partial charge is 0.411 e. The Hall–Kier alpha value is -5.40. The van der Waals surface area contributed by atoms with E-state index in [1.165, 1.54) is 14.2 Å². The van der Waals surface area contributed by atoms with Gasteiger partial charge in [-0.15, -0.1) is 0 Å². The third-order valence-corrected chi connectivity index (χ3v) is 9.37. The van der Waals surface area contributed by atoms with Gasteiger partial charge in [-0.05, 0) is 54.3 Å². The van der Waals surface area contributed by atoms with Gasteiger partial charge in [0.25, 0.3) is 0 Å². The molecule has 2 unspecified atom stereocenters. The lowest BCUT2D eigenvalue weighted by atomic mass is 9.86. The second-order valence-corrected chi connectivity index (χ2v) is 13.7. The van der Waals surface area contributed by atoms with E-state index in [2.05, 4.69) is 44.6 Å². The molecule has 0 aliphatic carbocycles. The number of carbonyl (C=O) groups excluding carboxylic acids is 3. The van der Waals surface area contributed by atoms with Crippen molar-refractivity contribution in [2.75, 3.05) is 56.3 Å². The average Bonchev–Trinajstić information content (AvgIpc) is 3.12. The Morgan fingerprint density at radius 1 is 0.923 bits per heavy atom. The van der Waals surface area contributed by atoms with Crippen LogP contribution in [-0.4, -0.2) is 79.3 Å². The SMILES string of the molecule is CCC1CN(C(C(N)=O)c2cc(Oc3ccc(NC(=O)Nc4cc(C(C)(C)C)cc(NC(=O)OC)c4OC)c4ccccc34)ccn2)CCN1CC. The molecule has 13 nitrogen and oxygen atoms in total. The number of fused-ring (bicyclic) bond motifs is 1. The first-order valence-corrected chi connectivity index (χ1v) is 17.4. The van der Waals surface area contributed by atoms with Gasteiger partial charge in [-0.25, -0.2) is 9.59 Å². The number of piperazine rings is 1. The Kier molecular flexibility index (Phi) is 11.9. The zero-order valence-electron chi connectivity index (χ0n) is 30.9. The number of hydrogen-bond acceptors (Lipinski definition) is 9. The zero-order valence-corrected chi connectivity index (χ0v) is 30.9. The number of methoxy groups -OCH3 is 2. The first-order chi connectivity index (χ1) is 24.9. The van der Waals surface area contributed by atoms with E-state index in [0.29, 0.717) is 46.8 Å². The Morgan fingerprint density at radius 3 is 2.25 bits per heavy atom. The van der Waals surface area contributed by atoms with Gasteiger partial charge in [-0.3, -0.25) is 24.9 Å². The Bertz CT molecular complexity index is 1930. The molecule has 13 heteroatoms. The summed E-state index contributed by atoms with van der Waals surface area (Å²) in [6.07, 6.45) is 1.93. The van der Waals surface area contributed by atoms with Crippen molar-refractivity contribution in [3.63, 3.8) is 0 Å². The Balaban J connectivity index is 1.39. The zero-order chi connectivity index (χ0) is 37.6. The number of urea groups is 1. The van der Waals surface area contributed by atoms with Crippen molar-refractivity contribution in [2.24, 2.45) is 5.73 Å². The van der Waals surface area contributed by atoms with E-state index in [4.69, 9.17) is 19.9 Å². The third-order valence-electron chi connectivity index (χ3n) is 9.37.